The molecule has 3 aromatic carbocycles. The number of carbonyl (C=O) groups is 1. The number of sulfonamides is 1. The Morgan fingerprint density at radius 2 is 1.63 bits per heavy atom. The Balaban J connectivity index is 1.77. The molecule has 1 aromatic heterocycles. The highest BCUT2D eigenvalue weighted by molar-refractivity contribution is 7.89. The second-order valence-electron chi connectivity index (χ2n) is 8.98. The van der Waals surface area contributed by atoms with Gasteiger partial charge in [0.05, 0.1) is 11.7 Å². The minimum Gasteiger partial charge on any atom is -0.325 e. The molecule has 35 heavy (non-hydrogen) atoms. The maximum Gasteiger partial charge on any atom is 0.246 e. The molecule has 1 aliphatic heterocycles. The predicted molar refractivity (Wildman–Crippen MR) is 137 cm³/mol. The van der Waals surface area contributed by atoms with Gasteiger partial charge in [0.1, 0.15) is 4.90 Å². The molecule has 0 spiro atoms. The average Bonchev–Trinajstić information content (AvgIpc) is 3.25. The number of amides is 1. The van der Waals surface area contributed by atoms with Crippen LogP contribution in [0.4, 0.5) is 5.69 Å². The zero-order valence-electron chi connectivity index (χ0n) is 19.9. The minimum absolute atomic E-state index is 0.0855. The third-order valence-electron chi connectivity index (χ3n) is 6.35. The summed E-state index contributed by atoms with van der Waals surface area (Å²) in [5, 5.41) is 2.71. The van der Waals surface area contributed by atoms with Gasteiger partial charge in [-0.1, -0.05) is 54.1 Å². The number of aryl methyl sites for hydroxylation is 2. The summed E-state index contributed by atoms with van der Waals surface area (Å²) in [6, 6.07) is 24.3. The molecule has 1 unspecified atom stereocenters. The van der Waals surface area contributed by atoms with E-state index in [2.05, 4.69) is 9.88 Å². The first-order valence-corrected chi connectivity index (χ1v) is 12.9. The molecule has 0 saturated carbocycles. The SMILES string of the molecule is CC(=O)Nc1ccc(C)cc1S(=O)(=O)N1Cc2ccccc2-n2cccc2C1c1ccc(C)cc1. The van der Waals surface area contributed by atoms with Gasteiger partial charge < -0.3 is 9.88 Å². The first-order valence-electron chi connectivity index (χ1n) is 11.5. The van der Waals surface area contributed by atoms with Crippen LogP contribution in [-0.2, 0) is 21.4 Å². The number of hydrogen-bond acceptors (Lipinski definition) is 3. The molecule has 0 saturated heterocycles. The summed E-state index contributed by atoms with van der Waals surface area (Å²) in [5.74, 6) is -0.324. The van der Waals surface area contributed by atoms with Crippen LogP contribution in [0.2, 0.25) is 0 Å². The van der Waals surface area contributed by atoms with Gasteiger partial charge in [-0.3, -0.25) is 4.79 Å². The van der Waals surface area contributed by atoms with Crippen molar-refractivity contribution < 1.29 is 13.2 Å². The molecule has 1 aliphatic rings. The van der Waals surface area contributed by atoms with Crippen molar-refractivity contribution in [3.63, 3.8) is 0 Å². The van der Waals surface area contributed by atoms with E-state index in [-0.39, 0.29) is 23.0 Å². The Kier molecular flexibility index (Phi) is 5.83. The molecule has 2 heterocycles. The van der Waals surface area contributed by atoms with Crippen LogP contribution in [0.5, 0.6) is 0 Å². The van der Waals surface area contributed by atoms with Crippen molar-refractivity contribution in [2.24, 2.45) is 0 Å². The molecule has 0 bridgehead atoms. The summed E-state index contributed by atoms with van der Waals surface area (Å²) < 4.78 is 32.5. The number of aromatic nitrogens is 1. The van der Waals surface area contributed by atoms with Gasteiger partial charge in [0.15, 0.2) is 0 Å². The quantitative estimate of drug-likeness (QED) is 0.424. The highest BCUT2D eigenvalue weighted by Gasteiger charge is 2.39. The monoisotopic (exact) mass is 485 g/mol. The molecule has 178 valence electrons. The van der Waals surface area contributed by atoms with Gasteiger partial charge in [0, 0.05) is 31.0 Å². The normalized spacial score (nSPS) is 15.7. The van der Waals surface area contributed by atoms with Gasteiger partial charge >= 0.3 is 0 Å². The summed E-state index contributed by atoms with van der Waals surface area (Å²) in [4.78, 5) is 12.0. The zero-order valence-corrected chi connectivity index (χ0v) is 20.7. The number of benzene rings is 3. The highest BCUT2D eigenvalue weighted by Crippen LogP contribution is 2.41. The second kappa shape index (κ2) is 8.83. The molecule has 6 nitrogen and oxygen atoms in total. The van der Waals surface area contributed by atoms with Crippen molar-refractivity contribution >= 4 is 21.6 Å². The smallest absolute Gasteiger partial charge is 0.246 e. The number of nitrogens with zero attached hydrogens (tertiary/aromatic N) is 2. The van der Waals surface area contributed by atoms with Crippen molar-refractivity contribution in [2.45, 2.75) is 38.3 Å². The van der Waals surface area contributed by atoms with Crippen LogP contribution in [0.1, 0.15) is 40.9 Å². The van der Waals surface area contributed by atoms with E-state index in [0.717, 1.165) is 33.6 Å². The molecule has 0 radical (unpaired) electrons. The Morgan fingerprint density at radius 3 is 2.37 bits per heavy atom. The van der Waals surface area contributed by atoms with Gasteiger partial charge in [-0.2, -0.15) is 4.31 Å². The van der Waals surface area contributed by atoms with E-state index in [9.17, 15) is 13.2 Å². The lowest BCUT2D eigenvalue weighted by atomic mass is 10.0. The fourth-order valence-corrected chi connectivity index (χ4v) is 6.50. The fraction of sp³-hybridized carbons (Fsp3) is 0.179. The first kappa shape index (κ1) is 23.1. The van der Waals surface area contributed by atoms with Crippen LogP contribution in [0, 0.1) is 13.8 Å². The maximum absolute atomic E-state index is 14.5. The summed E-state index contributed by atoms with van der Waals surface area (Å²) in [5.41, 5.74) is 5.76. The summed E-state index contributed by atoms with van der Waals surface area (Å²) >= 11 is 0. The summed E-state index contributed by atoms with van der Waals surface area (Å²) in [7, 11) is -4.05. The highest BCUT2D eigenvalue weighted by atomic mass is 32.2. The van der Waals surface area contributed by atoms with E-state index in [0.29, 0.717) is 0 Å². The van der Waals surface area contributed by atoms with Crippen LogP contribution >= 0.6 is 0 Å². The molecule has 1 atom stereocenters. The number of rotatable bonds is 4. The third-order valence-corrected chi connectivity index (χ3v) is 8.20. The van der Waals surface area contributed by atoms with Crippen molar-refractivity contribution in [2.75, 3.05) is 5.32 Å². The van der Waals surface area contributed by atoms with E-state index in [1.54, 1.807) is 22.5 Å². The van der Waals surface area contributed by atoms with E-state index >= 15 is 0 Å². The molecular formula is C28H27N3O3S. The van der Waals surface area contributed by atoms with Gasteiger partial charge in [0.2, 0.25) is 15.9 Å². The Morgan fingerprint density at radius 1 is 0.914 bits per heavy atom. The van der Waals surface area contributed by atoms with E-state index in [1.165, 1.54) is 6.92 Å². The standard InChI is InChI=1S/C28H27N3O3S/c1-19-10-13-22(14-11-19)28-26-9-6-16-30(26)25-8-5-4-7-23(25)18-31(28)35(33,34)27-17-20(2)12-15-24(27)29-21(3)32/h4-17,28H,18H2,1-3H3,(H,29,32). The van der Waals surface area contributed by atoms with Crippen LogP contribution in [-0.4, -0.2) is 23.2 Å². The van der Waals surface area contributed by atoms with Crippen LogP contribution in [0.15, 0.2) is 90.0 Å². The average molecular weight is 486 g/mol. The van der Waals surface area contributed by atoms with Crippen LogP contribution in [0.3, 0.4) is 0 Å². The second-order valence-corrected chi connectivity index (χ2v) is 10.8. The lowest BCUT2D eigenvalue weighted by molar-refractivity contribution is -0.114. The van der Waals surface area contributed by atoms with E-state index in [4.69, 9.17) is 0 Å². The third kappa shape index (κ3) is 4.17. The molecule has 1 N–H and O–H groups in total. The number of para-hydroxylation sites is 1. The Labute approximate surface area is 205 Å². The van der Waals surface area contributed by atoms with Gasteiger partial charge in [0.25, 0.3) is 0 Å². The van der Waals surface area contributed by atoms with E-state index in [1.807, 2.05) is 80.7 Å². The number of hydrogen-bond donors (Lipinski definition) is 1. The number of nitrogens with one attached hydrogen (secondary N) is 1. The Bertz CT molecular complexity index is 1520. The largest absolute Gasteiger partial charge is 0.325 e. The molecular weight excluding hydrogens is 458 g/mol. The molecule has 7 heteroatoms. The molecule has 1 amide bonds. The molecule has 5 rings (SSSR count). The molecule has 0 fully saturated rings. The zero-order chi connectivity index (χ0) is 24.7. The number of anilines is 1. The van der Waals surface area contributed by atoms with Crippen molar-refractivity contribution in [3.8, 4) is 5.69 Å². The van der Waals surface area contributed by atoms with E-state index < -0.39 is 16.1 Å². The van der Waals surface area contributed by atoms with Crippen LogP contribution in [0.25, 0.3) is 5.69 Å². The lowest BCUT2D eigenvalue weighted by Crippen LogP contribution is -2.35. The molecule has 4 aromatic rings. The Hall–Kier alpha value is -3.68. The van der Waals surface area contributed by atoms with Crippen molar-refractivity contribution in [3.05, 3.63) is 113 Å². The predicted octanol–water partition coefficient (Wildman–Crippen LogP) is 5.35. The van der Waals surface area contributed by atoms with Crippen molar-refractivity contribution in [1.82, 2.24) is 8.87 Å². The lowest BCUT2D eigenvalue weighted by Gasteiger charge is -2.31. The number of fused-ring (bicyclic) bond motifs is 3. The van der Waals surface area contributed by atoms with Crippen molar-refractivity contribution in [1.29, 1.82) is 0 Å². The first-order chi connectivity index (χ1) is 16.8. The van der Waals surface area contributed by atoms with Gasteiger partial charge in [-0.25, -0.2) is 8.42 Å². The fourth-order valence-electron chi connectivity index (χ4n) is 4.69. The topological polar surface area (TPSA) is 71.4 Å². The van der Waals surface area contributed by atoms with Crippen LogP contribution < -0.4 is 5.32 Å². The van der Waals surface area contributed by atoms with Gasteiger partial charge in [-0.15, -0.1) is 0 Å². The molecule has 0 aliphatic carbocycles. The maximum atomic E-state index is 14.5. The van der Waals surface area contributed by atoms with Gasteiger partial charge in [-0.05, 0) is 60.9 Å². The minimum atomic E-state index is -4.05. The summed E-state index contributed by atoms with van der Waals surface area (Å²) in [6.45, 7) is 5.42. The number of carbonyl (C=O) groups excluding carboxylic acids is 1. The summed E-state index contributed by atoms with van der Waals surface area (Å²) in [6.07, 6.45) is 1.97.